The van der Waals surface area contributed by atoms with E-state index in [-0.39, 0.29) is 11.9 Å². The van der Waals surface area contributed by atoms with E-state index in [2.05, 4.69) is 20.4 Å². The zero-order valence-electron chi connectivity index (χ0n) is 11.0. The molecular formula is C13H25NO2. The fraction of sp³-hybridized carbons (Fsp3) is 0.769. The minimum Gasteiger partial charge on any atom is -0.441 e. The molecule has 0 radical (unpaired) electrons. The molecule has 3 nitrogen and oxygen atoms in total. The predicted molar refractivity (Wildman–Crippen MR) is 66.8 cm³/mol. The van der Waals surface area contributed by atoms with E-state index < -0.39 is 5.72 Å². The zero-order valence-corrected chi connectivity index (χ0v) is 11.0. The molecule has 0 aliphatic rings. The molecule has 0 aliphatic carbocycles. The van der Waals surface area contributed by atoms with Gasteiger partial charge in [-0.1, -0.05) is 33.8 Å². The van der Waals surface area contributed by atoms with Crippen molar-refractivity contribution < 1.29 is 9.53 Å². The zero-order chi connectivity index (χ0) is 12.8. The van der Waals surface area contributed by atoms with Crippen molar-refractivity contribution in [3.63, 3.8) is 0 Å². The molecule has 0 aromatic carbocycles. The number of ether oxygens (including phenoxy) is 1. The van der Waals surface area contributed by atoms with E-state index in [0.717, 1.165) is 19.3 Å². The van der Waals surface area contributed by atoms with Crippen LogP contribution in [-0.2, 0) is 9.53 Å². The normalized spacial score (nSPS) is 16.3. The first-order chi connectivity index (χ1) is 7.41. The minimum atomic E-state index is -0.846. The summed E-state index contributed by atoms with van der Waals surface area (Å²) >= 11 is 0. The Morgan fingerprint density at radius 2 is 2.00 bits per heavy atom. The first-order valence-electron chi connectivity index (χ1n) is 6.08. The van der Waals surface area contributed by atoms with Gasteiger partial charge in [-0.15, -0.1) is 0 Å². The van der Waals surface area contributed by atoms with Gasteiger partial charge in [-0.2, -0.15) is 0 Å². The lowest BCUT2D eigenvalue weighted by Crippen LogP contribution is -2.50. The number of nitrogens with two attached hydrogens (primary N) is 1. The van der Waals surface area contributed by atoms with Crippen LogP contribution in [-0.4, -0.2) is 11.7 Å². The molecule has 2 atom stereocenters. The van der Waals surface area contributed by atoms with Crippen LogP contribution in [0.15, 0.2) is 12.2 Å². The van der Waals surface area contributed by atoms with Crippen molar-refractivity contribution in [1.29, 1.82) is 0 Å². The highest BCUT2D eigenvalue weighted by Crippen LogP contribution is 2.28. The topological polar surface area (TPSA) is 52.3 Å². The average molecular weight is 227 g/mol. The second kappa shape index (κ2) is 6.69. The highest BCUT2D eigenvalue weighted by molar-refractivity contribution is 5.87. The summed E-state index contributed by atoms with van der Waals surface area (Å²) in [5.41, 5.74) is 5.74. The third kappa shape index (κ3) is 3.97. The van der Waals surface area contributed by atoms with Crippen LogP contribution in [0.3, 0.4) is 0 Å². The third-order valence-electron chi connectivity index (χ3n) is 3.00. The Morgan fingerprint density at radius 1 is 1.44 bits per heavy atom. The highest BCUT2D eigenvalue weighted by atomic mass is 16.6. The van der Waals surface area contributed by atoms with Gasteiger partial charge in [0.25, 0.3) is 0 Å². The van der Waals surface area contributed by atoms with Crippen molar-refractivity contribution in [2.24, 2.45) is 11.7 Å². The lowest BCUT2D eigenvalue weighted by molar-refractivity contribution is -0.162. The Hall–Kier alpha value is -0.830. The standard InChI is InChI=1S/C13H25NO2/c1-6-9-11(7-2)13(14,8-3)16-12(15)10(4)5/h11H,4,6-9,14H2,1-3,5H3. The van der Waals surface area contributed by atoms with E-state index >= 15 is 0 Å². The Balaban J connectivity index is 4.73. The number of hydrogen-bond donors (Lipinski definition) is 1. The van der Waals surface area contributed by atoms with Gasteiger partial charge in [-0.3, -0.25) is 5.73 Å². The van der Waals surface area contributed by atoms with Gasteiger partial charge in [-0.25, -0.2) is 4.79 Å². The predicted octanol–water partition coefficient (Wildman–Crippen LogP) is 3.00. The summed E-state index contributed by atoms with van der Waals surface area (Å²) in [6.45, 7) is 11.3. The second-order valence-corrected chi connectivity index (χ2v) is 4.37. The Kier molecular flexibility index (Phi) is 6.34. The summed E-state index contributed by atoms with van der Waals surface area (Å²) in [7, 11) is 0. The SMILES string of the molecule is C=C(C)C(=O)OC(N)(CC)C(CC)CCC. The number of carbonyl (C=O) groups excluding carboxylic acids is 1. The van der Waals surface area contributed by atoms with Crippen LogP contribution in [0.25, 0.3) is 0 Å². The van der Waals surface area contributed by atoms with E-state index in [1.54, 1.807) is 6.92 Å². The van der Waals surface area contributed by atoms with Gasteiger partial charge in [0, 0.05) is 11.5 Å². The highest BCUT2D eigenvalue weighted by Gasteiger charge is 2.35. The van der Waals surface area contributed by atoms with Crippen LogP contribution >= 0.6 is 0 Å². The second-order valence-electron chi connectivity index (χ2n) is 4.37. The molecule has 0 amide bonds. The first-order valence-corrected chi connectivity index (χ1v) is 6.08. The van der Waals surface area contributed by atoms with Crippen molar-refractivity contribution in [1.82, 2.24) is 0 Å². The molecular weight excluding hydrogens is 202 g/mol. The molecule has 0 saturated heterocycles. The van der Waals surface area contributed by atoms with Crippen LogP contribution < -0.4 is 5.73 Å². The van der Waals surface area contributed by atoms with E-state index in [1.807, 2.05) is 6.92 Å². The summed E-state index contributed by atoms with van der Waals surface area (Å²) in [6, 6.07) is 0. The largest absolute Gasteiger partial charge is 0.441 e. The van der Waals surface area contributed by atoms with Gasteiger partial charge in [-0.05, 0) is 26.2 Å². The van der Waals surface area contributed by atoms with E-state index in [9.17, 15) is 4.79 Å². The Bertz CT molecular complexity index is 250. The van der Waals surface area contributed by atoms with Gasteiger partial charge in [0.15, 0.2) is 5.72 Å². The van der Waals surface area contributed by atoms with Gasteiger partial charge < -0.3 is 4.74 Å². The summed E-state index contributed by atoms with van der Waals surface area (Å²) in [6.07, 6.45) is 3.57. The molecule has 3 heteroatoms. The molecule has 0 aromatic rings. The monoisotopic (exact) mass is 227 g/mol. The molecule has 0 heterocycles. The fourth-order valence-electron chi connectivity index (χ4n) is 1.85. The van der Waals surface area contributed by atoms with Crippen molar-refractivity contribution in [2.45, 2.75) is 59.1 Å². The molecule has 0 saturated carbocycles. The summed E-state index contributed by atoms with van der Waals surface area (Å²) in [5, 5.41) is 0. The maximum atomic E-state index is 11.5. The molecule has 2 unspecified atom stereocenters. The maximum absolute atomic E-state index is 11.5. The van der Waals surface area contributed by atoms with Crippen molar-refractivity contribution in [2.75, 3.05) is 0 Å². The molecule has 0 fully saturated rings. The fourth-order valence-corrected chi connectivity index (χ4v) is 1.85. The molecule has 0 spiro atoms. The van der Waals surface area contributed by atoms with Crippen LogP contribution in [0, 0.1) is 5.92 Å². The first kappa shape index (κ1) is 15.2. The number of esters is 1. The van der Waals surface area contributed by atoms with Crippen LogP contribution in [0.5, 0.6) is 0 Å². The van der Waals surface area contributed by atoms with Crippen molar-refractivity contribution >= 4 is 5.97 Å². The number of carbonyl (C=O) groups is 1. The molecule has 94 valence electrons. The van der Waals surface area contributed by atoms with Gasteiger partial charge in [0.2, 0.25) is 0 Å². The molecule has 0 bridgehead atoms. The summed E-state index contributed by atoms with van der Waals surface area (Å²) in [4.78, 5) is 11.5. The van der Waals surface area contributed by atoms with Crippen molar-refractivity contribution in [3.8, 4) is 0 Å². The minimum absolute atomic E-state index is 0.214. The summed E-state index contributed by atoms with van der Waals surface area (Å²) < 4.78 is 5.39. The summed E-state index contributed by atoms with van der Waals surface area (Å²) in [5.74, 6) is -0.176. The third-order valence-corrected chi connectivity index (χ3v) is 3.00. The van der Waals surface area contributed by atoms with E-state index in [0.29, 0.717) is 12.0 Å². The maximum Gasteiger partial charge on any atom is 0.334 e. The molecule has 16 heavy (non-hydrogen) atoms. The quantitative estimate of drug-likeness (QED) is 0.413. The van der Waals surface area contributed by atoms with Gasteiger partial charge in [0.05, 0.1) is 0 Å². The van der Waals surface area contributed by atoms with Crippen LogP contribution in [0.2, 0.25) is 0 Å². The van der Waals surface area contributed by atoms with Gasteiger partial charge >= 0.3 is 5.97 Å². The molecule has 0 aromatic heterocycles. The molecule has 0 aliphatic heterocycles. The smallest absolute Gasteiger partial charge is 0.334 e. The van der Waals surface area contributed by atoms with E-state index in [4.69, 9.17) is 10.5 Å². The van der Waals surface area contributed by atoms with Gasteiger partial charge in [0.1, 0.15) is 0 Å². The lowest BCUT2D eigenvalue weighted by atomic mass is 9.87. The Morgan fingerprint density at radius 3 is 2.31 bits per heavy atom. The molecule has 2 N–H and O–H groups in total. The number of hydrogen-bond acceptors (Lipinski definition) is 3. The van der Waals surface area contributed by atoms with Crippen LogP contribution in [0.4, 0.5) is 0 Å². The lowest BCUT2D eigenvalue weighted by Gasteiger charge is -2.35. The van der Waals surface area contributed by atoms with Crippen molar-refractivity contribution in [3.05, 3.63) is 12.2 Å². The van der Waals surface area contributed by atoms with E-state index in [1.165, 1.54) is 0 Å². The number of rotatable bonds is 7. The average Bonchev–Trinajstić information content (AvgIpc) is 2.25. The molecule has 0 rings (SSSR count). The van der Waals surface area contributed by atoms with Crippen LogP contribution in [0.1, 0.15) is 53.4 Å². The Labute approximate surface area is 99.0 Å².